The number of ether oxygens (including phenoxy) is 1. The van der Waals surface area contributed by atoms with Gasteiger partial charge in [-0.25, -0.2) is 13.1 Å². The molecule has 0 fully saturated rings. The van der Waals surface area contributed by atoms with Crippen LogP contribution in [-0.2, 0) is 16.4 Å². The summed E-state index contributed by atoms with van der Waals surface area (Å²) in [5.41, 5.74) is 1.12. The minimum Gasteiger partial charge on any atom is -0.496 e. The fourth-order valence-corrected chi connectivity index (χ4v) is 3.41. The molecule has 1 amide bonds. The van der Waals surface area contributed by atoms with Crippen molar-refractivity contribution in [2.75, 3.05) is 20.7 Å². The Kier molecular flexibility index (Phi) is 6.41. The summed E-state index contributed by atoms with van der Waals surface area (Å²) in [4.78, 5) is 11.9. The van der Waals surface area contributed by atoms with Gasteiger partial charge in [-0.15, -0.1) is 0 Å². The molecule has 0 aliphatic rings. The second-order valence-corrected chi connectivity index (χ2v) is 7.42. The maximum Gasteiger partial charge on any atom is 0.254 e. The molecule has 0 spiro atoms. The number of hydrogen-bond acceptors (Lipinski definition) is 4. The number of benzene rings is 2. The number of methoxy groups -OCH3 is 1. The van der Waals surface area contributed by atoms with E-state index in [1.54, 1.807) is 12.1 Å². The number of carbonyl (C=O) groups excluding carboxylic acids is 1. The largest absolute Gasteiger partial charge is 0.496 e. The van der Waals surface area contributed by atoms with Crippen molar-refractivity contribution in [2.24, 2.45) is 0 Å². The Hall–Kier alpha value is -2.09. The van der Waals surface area contributed by atoms with Gasteiger partial charge in [0, 0.05) is 18.6 Å². The fourth-order valence-electron chi connectivity index (χ4n) is 2.23. The van der Waals surface area contributed by atoms with Crippen LogP contribution in [0.15, 0.2) is 47.4 Å². The van der Waals surface area contributed by atoms with E-state index in [1.807, 2.05) is 12.1 Å². The molecule has 0 atom stereocenters. The van der Waals surface area contributed by atoms with E-state index in [1.165, 1.54) is 32.4 Å². The van der Waals surface area contributed by atoms with Gasteiger partial charge in [-0.2, -0.15) is 0 Å². The van der Waals surface area contributed by atoms with Crippen molar-refractivity contribution in [1.29, 1.82) is 0 Å². The molecule has 0 aliphatic heterocycles. The Morgan fingerprint density at radius 1 is 1.16 bits per heavy atom. The molecule has 0 aliphatic carbocycles. The number of halogens is 1. The Bertz CT molecular complexity index is 851. The Morgan fingerprint density at radius 2 is 1.84 bits per heavy atom. The summed E-state index contributed by atoms with van der Waals surface area (Å²) in [5, 5.41) is 3.09. The van der Waals surface area contributed by atoms with Crippen LogP contribution in [0.4, 0.5) is 0 Å². The molecule has 0 aromatic heterocycles. The number of carbonyl (C=O) groups is 1. The highest BCUT2D eigenvalue weighted by atomic mass is 35.5. The van der Waals surface area contributed by atoms with Gasteiger partial charge >= 0.3 is 0 Å². The van der Waals surface area contributed by atoms with Crippen molar-refractivity contribution in [3.05, 3.63) is 58.6 Å². The third kappa shape index (κ3) is 4.94. The number of nitrogens with one attached hydrogen (secondary N) is 2. The molecule has 134 valence electrons. The summed E-state index contributed by atoms with van der Waals surface area (Å²) in [6.45, 7) is 0.227. The summed E-state index contributed by atoms with van der Waals surface area (Å²) in [6.07, 6.45) is 0.523. The third-order valence-electron chi connectivity index (χ3n) is 3.57. The maximum atomic E-state index is 12.4. The quantitative estimate of drug-likeness (QED) is 0.769. The van der Waals surface area contributed by atoms with Gasteiger partial charge in [0.05, 0.1) is 17.6 Å². The lowest BCUT2D eigenvalue weighted by atomic mass is 10.2. The average Bonchev–Trinajstić information content (AvgIpc) is 2.62. The van der Waals surface area contributed by atoms with Crippen molar-refractivity contribution >= 4 is 27.5 Å². The molecule has 2 rings (SSSR count). The minimum absolute atomic E-state index is 0.00278. The SMILES string of the molecule is CNC(=O)c1cc(S(=O)(=O)NCCc2ccc(Cl)cc2)ccc1OC. The van der Waals surface area contributed by atoms with E-state index in [2.05, 4.69) is 10.0 Å². The van der Waals surface area contributed by atoms with Crippen LogP contribution in [0.25, 0.3) is 0 Å². The topological polar surface area (TPSA) is 84.5 Å². The van der Waals surface area contributed by atoms with Gasteiger partial charge in [-0.3, -0.25) is 4.79 Å². The zero-order valence-corrected chi connectivity index (χ0v) is 15.4. The van der Waals surface area contributed by atoms with Crippen molar-refractivity contribution < 1.29 is 17.9 Å². The maximum absolute atomic E-state index is 12.4. The zero-order chi connectivity index (χ0) is 18.4. The van der Waals surface area contributed by atoms with Crippen LogP contribution in [0, 0.1) is 0 Å². The lowest BCUT2D eigenvalue weighted by molar-refractivity contribution is 0.0960. The van der Waals surface area contributed by atoms with Crippen molar-refractivity contribution in [3.8, 4) is 5.75 Å². The summed E-state index contributed by atoms with van der Waals surface area (Å²) < 4.78 is 32.5. The van der Waals surface area contributed by atoms with Gasteiger partial charge in [0.25, 0.3) is 5.91 Å². The van der Waals surface area contributed by atoms with Crippen molar-refractivity contribution in [1.82, 2.24) is 10.0 Å². The molecule has 0 saturated carbocycles. The summed E-state index contributed by atoms with van der Waals surface area (Å²) in [7, 11) is -0.857. The molecule has 6 nitrogen and oxygen atoms in total. The molecule has 0 unspecified atom stereocenters. The molecular weight excluding hydrogens is 364 g/mol. The molecule has 0 saturated heterocycles. The van der Waals surface area contributed by atoms with E-state index >= 15 is 0 Å². The fraction of sp³-hybridized carbons (Fsp3) is 0.235. The van der Waals surface area contributed by atoms with Crippen LogP contribution in [-0.4, -0.2) is 35.0 Å². The van der Waals surface area contributed by atoms with Crippen molar-refractivity contribution in [3.63, 3.8) is 0 Å². The van der Waals surface area contributed by atoms with Gasteiger partial charge in [0.2, 0.25) is 10.0 Å². The monoisotopic (exact) mass is 382 g/mol. The van der Waals surface area contributed by atoms with E-state index in [0.717, 1.165) is 5.56 Å². The lowest BCUT2D eigenvalue weighted by Crippen LogP contribution is -2.26. The summed E-state index contributed by atoms with van der Waals surface area (Å²) in [6, 6.07) is 11.3. The molecule has 2 aromatic rings. The number of rotatable bonds is 7. The van der Waals surface area contributed by atoms with E-state index in [9.17, 15) is 13.2 Å². The Morgan fingerprint density at radius 3 is 2.44 bits per heavy atom. The first-order chi connectivity index (χ1) is 11.9. The Labute approximate surface area is 152 Å². The first-order valence-electron chi connectivity index (χ1n) is 7.51. The van der Waals surface area contributed by atoms with Crippen LogP contribution in [0.5, 0.6) is 5.75 Å². The predicted molar refractivity (Wildman–Crippen MR) is 96.7 cm³/mol. The Balaban J connectivity index is 2.13. The van der Waals surface area contributed by atoms with Crippen molar-refractivity contribution in [2.45, 2.75) is 11.3 Å². The van der Waals surface area contributed by atoms with Crippen LogP contribution in [0.3, 0.4) is 0 Å². The molecule has 2 aromatic carbocycles. The molecule has 2 N–H and O–H groups in total. The van der Waals surface area contributed by atoms with Gasteiger partial charge in [-0.1, -0.05) is 23.7 Å². The first-order valence-corrected chi connectivity index (χ1v) is 9.37. The summed E-state index contributed by atoms with van der Waals surface area (Å²) >= 11 is 5.82. The zero-order valence-electron chi connectivity index (χ0n) is 13.9. The number of hydrogen-bond donors (Lipinski definition) is 2. The second-order valence-electron chi connectivity index (χ2n) is 5.22. The van der Waals surface area contributed by atoms with Crippen LogP contribution >= 0.6 is 11.6 Å². The molecule has 0 heterocycles. The molecule has 25 heavy (non-hydrogen) atoms. The standard InChI is InChI=1S/C17H19ClN2O4S/c1-19-17(21)15-11-14(7-8-16(15)24-2)25(22,23)20-10-9-12-3-5-13(18)6-4-12/h3-8,11,20H,9-10H2,1-2H3,(H,19,21). The molecular formula is C17H19ClN2O4S. The minimum atomic E-state index is -3.74. The average molecular weight is 383 g/mol. The molecule has 8 heteroatoms. The van der Waals surface area contributed by atoms with Gasteiger partial charge in [0.15, 0.2) is 0 Å². The molecule has 0 radical (unpaired) electrons. The highest BCUT2D eigenvalue weighted by Gasteiger charge is 2.19. The van der Waals surface area contributed by atoms with Gasteiger partial charge in [-0.05, 0) is 42.3 Å². The highest BCUT2D eigenvalue weighted by molar-refractivity contribution is 7.89. The van der Waals surface area contributed by atoms with Gasteiger partial charge in [0.1, 0.15) is 5.75 Å². The smallest absolute Gasteiger partial charge is 0.254 e. The van der Waals surface area contributed by atoms with Crippen LogP contribution in [0.1, 0.15) is 15.9 Å². The van der Waals surface area contributed by atoms with E-state index in [0.29, 0.717) is 17.2 Å². The van der Waals surface area contributed by atoms with Gasteiger partial charge < -0.3 is 10.1 Å². The van der Waals surface area contributed by atoms with E-state index in [4.69, 9.17) is 16.3 Å². The second kappa shape index (κ2) is 8.33. The molecule has 0 bridgehead atoms. The summed E-state index contributed by atoms with van der Waals surface area (Å²) in [5.74, 6) is -0.116. The predicted octanol–water partition coefficient (Wildman–Crippen LogP) is 2.23. The lowest BCUT2D eigenvalue weighted by Gasteiger charge is -2.11. The normalized spacial score (nSPS) is 11.2. The van der Waals surface area contributed by atoms with Crippen LogP contribution < -0.4 is 14.8 Å². The first kappa shape index (κ1) is 19.2. The third-order valence-corrected chi connectivity index (χ3v) is 5.28. The number of amides is 1. The highest BCUT2D eigenvalue weighted by Crippen LogP contribution is 2.22. The number of sulfonamides is 1. The van der Waals surface area contributed by atoms with Crippen LogP contribution in [0.2, 0.25) is 5.02 Å². The van der Waals surface area contributed by atoms with E-state index < -0.39 is 15.9 Å². The van der Waals surface area contributed by atoms with E-state index in [-0.39, 0.29) is 17.0 Å².